The average molecular weight is 280 g/mol. The Morgan fingerprint density at radius 2 is 1.84 bits per heavy atom. The smallest absolute Gasteiger partial charge is 0.227 e. The second kappa shape index (κ2) is 7.54. The highest BCUT2D eigenvalue weighted by molar-refractivity contribution is 6.18. The molecule has 3 heteroatoms. The van der Waals surface area contributed by atoms with Gasteiger partial charge in [0.05, 0.1) is 6.42 Å². The highest BCUT2D eigenvalue weighted by Crippen LogP contribution is 2.23. The molecule has 1 fully saturated rings. The fraction of sp³-hybridized carbons (Fsp3) is 0.562. The van der Waals surface area contributed by atoms with Crippen molar-refractivity contribution >= 4 is 17.5 Å². The zero-order valence-corrected chi connectivity index (χ0v) is 12.1. The molecule has 0 aromatic heterocycles. The van der Waals surface area contributed by atoms with Gasteiger partial charge >= 0.3 is 0 Å². The average Bonchev–Trinajstić information content (AvgIpc) is 2.46. The van der Waals surface area contributed by atoms with Crippen LogP contribution in [0.15, 0.2) is 30.3 Å². The van der Waals surface area contributed by atoms with E-state index in [-0.39, 0.29) is 5.91 Å². The summed E-state index contributed by atoms with van der Waals surface area (Å²) < 4.78 is 0. The summed E-state index contributed by atoms with van der Waals surface area (Å²) in [6.07, 6.45) is 6.55. The van der Waals surface area contributed by atoms with Crippen molar-refractivity contribution in [3.63, 3.8) is 0 Å². The van der Waals surface area contributed by atoms with E-state index < -0.39 is 0 Å². The Morgan fingerprint density at radius 3 is 2.47 bits per heavy atom. The summed E-state index contributed by atoms with van der Waals surface area (Å²) in [7, 11) is 0. The minimum absolute atomic E-state index is 0.221. The first-order valence-corrected chi connectivity index (χ1v) is 7.74. The maximum Gasteiger partial charge on any atom is 0.227 e. The first-order valence-electron chi connectivity index (χ1n) is 7.20. The second-order valence-electron chi connectivity index (χ2n) is 5.23. The molecule has 0 saturated heterocycles. The first kappa shape index (κ1) is 14.4. The number of alkyl halides is 1. The quantitative estimate of drug-likeness (QED) is 0.754. The van der Waals surface area contributed by atoms with E-state index in [0.29, 0.717) is 24.9 Å². The number of hydrogen-bond acceptors (Lipinski definition) is 1. The second-order valence-corrected chi connectivity index (χ2v) is 5.61. The Kier molecular flexibility index (Phi) is 5.71. The van der Waals surface area contributed by atoms with E-state index in [1.165, 1.54) is 19.3 Å². The maximum absolute atomic E-state index is 12.5. The Balaban J connectivity index is 1.99. The Morgan fingerprint density at radius 1 is 1.16 bits per heavy atom. The van der Waals surface area contributed by atoms with Crippen molar-refractivity contribution in [2.75, 3.05) is 12.4 Å². The topological polar surface area (TPSA) is 20.3 Å². The molecule has 0 N–H and O–H groups in total. The third-order valence-corrected chi connectivity index (χ3v) is 4.03. The van der Waals surface area contributed by atoms with Crippen LogP contribution < -0.4 is 0 Å². The molecule has 2 rings (SSSR count). The third-order valence-electron chi connectivity index (χ3n) is 3.86. The predicted molar refractivity (Wildman–Crippen MR) is 79.5 cm³/mol. The molecule has 19 heavy (non-hydrogen) atoms. The zero-order chi connectivity index (χ0) is 13.5. The van der Waals surface area contributed by atoms with Crippen LogP contribution in [0.1, 0.15) is 37.7 Å². The van der Waals surface area contributed by atoms with Gasteiger partial charge in [0.1, 0.15) is 0 Å². The normalized spacial score (nSPS) is 16.3. The molecule has 1 saturated carbocycles. The van der Waals surface area contributed by atoms with Crippen molar-refractivity contribution in [3.8, 4) is 0 Å². The van der Waals surface area contributed by atoms with E-state index in [0.717, 1.165) is 18.4 Å². The van der Waals surface area contributed by atoms with Crippen LogP contribution in [0, 0.1) is 0 Å². The Bertz CT molecular complexity index is 387. The number of nitrogens with zero attached hydrogens (tertiary/aromatic N) is 1. The minimum atomic E-state index is 0.221. The molecule has 0 unspecified atom stereocenters. The van der Waals surface area contributed by atoms with Crippen molar-refractivity contribution in [1.29, 1.82) is 0 Å². The number of rotatable bonds is 5. The lowest BCUT2D eigenvalue weighted by Gasteiger charge is -2.34. The lowest BCUT2D eigenvalue weighted by atomic mass is 9.93. The number of halogens is 1. The van der Waals surface area contributed by atoms with Crippen molar-refractivity contribution in [3.05, 3.63) is 35.9 Å². The summed E-state index contributed by atoms with van der Waals surface area (Å²) in [6.45, 7) is 0.678. The van der Waals surface area contributed by atoms with Gasteiger partial charge in [0.15, 0.2) is 0 Å². The van der Waals surface area contributed by atoms with Crippen LogP contribution in [0.4, 0.5) is 0 Å². The van der Waals surface area contributed by atoms with E-state index in [1.54, 1.807) is 0 Å². The molecule has 1 aliphatic carbocycles. The van der Waals surface area contributed by atoms with E-state index in [1.807, 2.05) is 35.2 Å². The zero-order valence-electron chi connectivity index (χ0n) is 11.4. The molecular formula is C16H22ClNO. The number of benzene rings is 1. The van der Waals surface area contributed by atoms with E-state index in [2.05, 4.69) is 0 Å². The monoisotopic (exact) mass is 279 g/mol. The summed E-state index contributed by atoms with van der Waals surface area (Å²) in [5.74, 6) is 0.746. The van der Waals surface area contributed by atoms with Gasteiger partial charge in [-0.3, -0.25) is 4.79 Å². The standard InChI is InChI=1S/C16H22ClNO/c17-11-12-18(15-9-5-2-6-10-15)16(19)13-14-7-3-1-4-8-14/h1,3-4,7-8,15H,2,5-6,9-13H2. The largest absolute Gasteiger partial charge is 0.338 e. The van der Waals surface area contributed by atoms with E-state index >= 15 is 0 Å². The number of hydrogen-bond donors (Lipinski definition) is 0. The van der Waals surface area contributed by atoms with Crippen molar-refractivity contribution in [2.45, 2.75) is 44.6 Å². The SMILES string of the molecule is O=C(Cc1ccccc1)N(CCCl)C1CCCCC1. The van der Waals surface area contributed by atoms with Crippen LogP contribution in [0.25, 0.3) is 0 Å². The van der Waals surface area contributed by atoms with Crippen LogP contribution >= 0.6 is 11.6 Å². The minimum Gasteiger partial charge on any atom is -0.338 e. The molecule has 0 spiro atoms. The molecule has 0 radical (unpaired) electrons. The molecule has 0 atom stereocenters. The highest BCUT2D eigenvalue weighted by Gasteiger charge is 2.24. The van der Waals surface area contributed by atoms with Crippen molar-refractivity contribution in [2.24, 2.45) is 0 Å². The lowest BCUT2D eigenvalue weighted by Crippen LogP contribution is -2.43. The van der Waals surface area contributed by atoms with Crippen LogP contribution in [0.5, 0.6) is 0 Å². The molecule has 0 heterocycles. The van der Waals surface area contributed by atoms with Crippen LogP contribution in [0.3, 0.4) is 0 Å². The fourth-order valence-electron chi connectivity index (χ4n) is 2.87. The van der Waals surface area contributed by atoms with Gasteiger partial charge in [-0.2, -0.15) is 0 Å². The van der Waals surface area contributed by atoms with Gasteiger partial charge in [-0.05, 0) is 18.4 Å². The lowest BCUT2D eigenvalue weighted by molar-refractivity contribution is -0.133. The van der Waals surface area contributed by atoms with Gasteiger partial charge in [-0.15, -0.1) is 11.6 Å². The maximum atomic E-state index is 12.5. The molecular weight excluding hydrogens is 258 g/mol. The molecule has 1 aliphatic rings. The van der Waals surface area contributed by atoms with Gasteiger partial charge < -0.3 is 4.90 Å². The summed E-state index contributed by atoms with van der Waals surface area (Å²) in [5, 5.41) is 0. The number of amides is 1. The fourth-order valence-corrected chi connectivity index (χ4v) is 3.05. The van der Waals surface area contributed by atoms with Gasteiger partial charge in [0.2, 0.25) is 5.91 Å². The van der Waals surface area contributed by atoms with Crippen molar-refractivity contribution in [1.82, 2.24) is 4.90 Å². The summed E-state index contributed by atoms with van der Waals surface area (Å²) in [5.41, 5.74) is 1.09. The molecule has 0 aliphatic heterocycles. The Hall–Kier alpha value is -1.02. The van der Waals surface area contributed by atoms with Gasteiger partial charge in [-0.25, -0.2) is 0 Å². The summed E-state index contributed by atoms with van der Waals surface area (Å²) in [6, 6.07) is 10.4. The van der Waals surface area contributed by atoms with Crippen LogP contribution in [0.2, 0.25) is 0 Å². The molecule has 2 nitrogen and oxygen atoms in total. The molecule has 1 amide bonds. The van der Waals surface area contributed by atoms with Gasteiger partial charge in [0, 0.05) is 18.5 Å². The van der Waals surface area contributed by atoms with E-state index in [4.69, 9.17) is 11.6 Å². The summed E-state index contributed by atoms with van der Waals surface area (Å²) in [4.78, 5) is 14.5. The molecule has 104 valence electrons. The highest BCUT2D eigenvalue weighted by atomic mass is 35.5. The molecule has 0 bridgehead atoms. The van der Waals surface area contributed by atoms with Gasteiger partial charge in [0.25, 0.3) is 0 Å². The number of carbonyl (C=O) groups excluding carboxylic acids is 1. The molecule has 1 aromatic rings. The number of carbonyl (C=O) groups is 1. The summed E-state index contributed by atoms with van der Waals surface area (Å²) >= 11 is 5.87. The third kappa shape index (κ3) is 4.24. The van der Waals surface area contributed by atoms with Gasteiger partial charge in [-0.1, -0.05) is 49.6 Å². The Labute approximate surface area is 120 Å². The van der Waals surface area contributed by atoms with Crippen molar-refractivity contribution < 1.29 is 4.79 Å². The van der Waals surface area contributed by atoms with Crippen LogP contribution in [-0.4, -0.2) is 29.3 Å². The van der Waals surface area contributed by atoms with E-state index in [9.17, 15) is 4.79 Å². The predicted octanol–water partition coefficient (Wildman–Crippen LogP) is 3.63. The first-order chi connectivity index (χ1) is 9.31. The van der Waals surface area contributed by atoms with Crippen LogP contribution in [-0.2, 0) is 11.2 Å². The molecule has 1 aromatic carbocycles.